The summed E-state index contributed by atoms with van der Waals surface area (Å²) in [5, 5.41) is 0. The van der Waals surface area contributed by atoms with Gasteiger partial charge in [0.1, 0.15) is 18.1 Å². The van der Waals surface area contributed by atoms with Gasteiger partial charge in [0, 0.05) is 9.13 Å². The van der Waals surface area contributed by atoms with E-state index in [0.29, 0.717) is 12.2 Å². The fourth-order valence-electron chi connectivity index (χ4n) is 1.58. The van der Waals surface area contributed by atoms with Gasteiger partial charge >= 0.3 is 0 Å². The first-order valence-corrected chi connectivity index (χ1v) is 6.81. The van der Waals surface area contributed by atoms with Crippen molar-refractivity contribution in [3.8, 4) is 11.5 Å². The Morgan fingerprint density at radius 3 is 2.37 bits per heavy atom. The normalized spacial score (nSPS) is 10.0. The van der Waals surface area contributed by atoms with Gasteiger partial charge in [0.25, 0.3) is 0 Å². The van der Waals surface area contributed by atoms with Crippen LogP contribution in [0.5, 0.6) is 11.5 Å². The Balaban J connectivity index is 2.01. The maximum Gasteiger partial charge on any atom is 0.151 e. The first-order valence-electron chi connectivity index (χ1n) is 5.73. The quantitative estimate of drug-likeness (QED) is 0.597. The molecule has 98 valence electrons. The smallest absolute Gasteiger partial charge is 0.151 e. The molecule has 0 bridgehead atoms. The summed E-state index contributed by atoms with van der Waals surface area (Å²) in [5.74, 6) is 1.58. The van der Waals surface area contributed by atoms with Crippen LogP contribution in [-0.2, 0) is 6.61 Å². The van der Waals surface area contributed by atoms with E-state index in [1.54, 1.807) is 19.2 Å². The number of aldehydes is 1. The zero-order valence-corrected chi connectivity index (χ0v) is 12.6. The molecular weight excluding hydrogens is 355 g/mol. The van der Waals surface area contributed by atoms with E-state index >= 15 is 0 Å². The van der Waals surface area contributed by atoms with E-state index in [2.05, 4.69) is 22.6 Å². The van der Waals surface area contributed by atoms with Crippen LogP contribution >= 0.6 is 22.6 Å². The molecule has 0 saturated heterocycles. The minimum absolute atomic E-state index is 0.487. The minimum atomic E-state index is 0.487. The van der Waals surface area contributed by atoms with Crippen LogP contribution in [0.4, 0.5) is 0 Å². The van der Waals surface area contributed by atoms with Crippen LogP contribution in [0.3, 0.4) is 0 Å². The van der Waals surface area contributed by atoms with Crippen LogP contribution in [0, 0.1) is 3.57 Å². The monoisotopic (exact) mass is 368 g/mol. The van der Waals surface area contributed by atoms with Gasteiger partial charge in [-0.25, -0.2) is 0 Å². The Hall–Kier alpha value is -1.56. The molecule has 3 nitrogen and oxygen atoms in total. The Kier molecular flexibility index (Phi) is 4.79. The van der Waals surface area contributed by atoms with Crippen molar-refractivity contribution < 1.29 is 14.3 Å². The first-order chi connectivity index (χ1) is 9.22. The Labute approximate surface area is 125 Å². The lowest BCUT2D eigenvalue weighted by atomic mass is 10.2. The van der Waals surface area contributed by atoms with Crippen molar-refractivity contribution in [2.24, 2.45) is 0 Å². The molecule has 19 heavy (non-hydrogen) atoms. The summed E-state index contributed by atoms with van der Waals surface area (Å²) in [4.78, 5) is 10.7. The molecule has 0 aromatic heterocycles. The fourth-order valence-corrected chi connectivity index (χ4v) is 2.20. The topological polar surface area (TPSA) is 35.5 Å². The highest BCUT2D eigenvalue weighted by Gasteiger charge is 2.02. The van der Waals surface area contributed by atoms with Crippen molar-refractivity contribution in [3.63, 3.8) is 0 Å². The molecule has 2 aromatic carbocycles. The maximum atomic E-state index is 10.7. The third-order valence-electron chi connectivity index (χ3n) is 2.66. The number of carbonyl (C=O) groups is 1. The van der Waals surface area contributed by atoms with E-state index in [1.165, 1.54) is 0 Å². The number of ether oxygens (including phenoxy) is 2. The van der Waals surface area contributed by atoms with Crippen LogP contribution in [0.15, 0.2) is 42.5 Å². The van der Waals surface area contributed by atoms with Crippen molar-refractivity contribution in [3.05, 3.63) is 57.2 Å². The van der Waals surface area contributed by atoms with Crippen LogP contribution in [0.25, 0.3) is 0 Å². The van der Waals surface area contributed by atoms with E-state index in [-0.39, 0.29) is 0 Å². The Bertz CT molecular complexity index is 564. The molecule has 0 amide bonds. The van der Waals surface area contributed by atoms with Crippen molar-refractivity contribution >= 4 is 28.9 Å². The van der Waals surface area contributed by atoms with Crippen molar-refractivity contribution in [2.45, 2.75) is 6.61 Å². The predicted molar refractivity (Wildman–Crippen MR) is 81.9 cm³/mol. The lowest BCUT2D eigenvalue weighted by Gasteiger charge is -2.08. The van der Waals surface area contributed by atoms with Gasteiger partial charge in [0.2, 0.25) is 0 Å². The fraction of sp³-hybridized carbons (Fsp3) is 0.133. The van der Waals surface area contributed by atoms with Gasteiger partial charge in [-0.2, -0.15) is 0 Å². The number of halogens is 1. The standard InChI is InChI=1S/C15H13IO3/c1-18-13-5-2-11(3-6-13)10-19-14-7-4-12(9-17)15(16)8-14/h2-9H,10H2,1H3. The summed E-state index contributed by atoms with van der Waals surface area (Å²) in [6, 6.07) is 13.1. The number of hydrogen-bond donors (Lipinski definition) is 0. The molecule has 0 spiro atoms. The lowest BCUT2D eigenvalue weighted by molar-refractivity contribution is 0.112. The summed E-state index contributed by atoms with van der Waals surface area (Å²) >= 11 is 2.12. The molecule has 0 radical (unpaired) electrons. The van der Waals surface area contributed by atoms with Crippen LogP contribution in [-0.4, -0.2) is 13.4 Å². The van der Waals surface area contributed by atoms with Gasteiger partial charge in [0.05, 0.1) is 7.11 Å². The Morgan fingerprint density at radius 1 is 1.11 bits per heavy atom. The second kappa shape index (κ2) is 6.56. The zero-order chi connectivity index (χ0) is 13.7. The average Bonchev–Trinajstić information content (AvgIpc) is 2.46. The molecule has 0 aliphatic heterocycles. The molecule has 2 rings (SSSR count). The minimum Gasteiger partial charge on any atom is -0.497 e. The number of benzene rings is 2. The summed E-state index contributed by atoms with van der Waals surface area (Å²) in [6.45, 7) is 0.487. The van der Waals surface area contributed by atoms with Crippen molar-refractivity contribution in [2.75, 3.05) is 7.11 Å². The van der Waals surface area contributed by atoms with Gasteiger partial charge < -0.3 is 9.47 Å². The highest BCUT2D eigenvalue weighted by molar-refractivity contribution is 14.1. The third kappa shape index (κ3) is 3.70. The molecule has 0 saturated carbocycles. The lowest BCUT2D eigenvalue weighted by Crippen LogP contribution is -1.96. The molecule has 0 atom stereocenters. The van der Waals surface area contributed by atoms with Crippen molar-refractivity contribution in [1.82, 2.24) is 0 Å². The molecule has 0 N–H and O–H groups in total. The van der Waals surface area contributed by atoms with E-state index in [0.717, 1.165) is 26.9 Å². The van der Waals surface area contributed by atoms with Gasteiger partial charge in [-0.15, -0.1) is 0 Å². The second-order valence-electron chi connectivity index (χ2n) is 3.94. The van der Waals surface area contributed by atoms with Gasteiger partial charge in [-0.3, -0.25) is 4.79 Å². The molecule has 0 unspecified atom stereocenters. The van der Waals surface area contributed by atoms with E-state index < -0.39 is 0 Å². The molecular formula is C15H13IO3. The number of carbonyl (C=O) groups excluding carboxylic acids is 1. The number of methoxy groups -OCH3 is 1. The Morgan fingerprint density at radius 2 is 1.79 bits per heavy atom. The first kappa shape index (κ1) is 13.9. The van der Waals surface area contributed by atoms with Crippen LogP contribution in [0.1, 0.15) is 15.9 Å². The van der Waals surface area contributed by atoms with Crippen LogP contribution < -0.4 is 9.47 Å². The predicted octanol–water partition coefficient (Wildman–Crippen LogP) is 3.69. The van der Waals surface area contributed by atoms with E-state index in [9.17, 15) is 4.79 Å². The van der Waals surface area contributed by atoms with Crippen LogP contribution in [0.2, 0.25) is 0 Å². The molecule has 2 aromatic rings. The molecule has 0 aliphatic carbocycles. The number of rotatable bonds is 5. The van der Waals surface area contributed by atoms with Gasteiger partial charge in [-0.1, -0.05) is 12.1 Å². The third-order valence-corrected chi connectivity index (χ3v) is 3.60. The molecule has 0 heterocycles. The SMILES string of the molecule is COc1ccc(COc2ccc(C=O)c(I)c2)cc1. The average molecular weight is 368 g/mol. The van der Waals surface area contributed by atoms with Gasteiger partial charge in [0.15, 0.2) is 6.29 Å². The second-order valence-corrected chi connectivity index (χ2v) is 5.10. The summed E-state index contributed by atoms with van der Waals surface area (Å²) in [6.07, 6.45) is 0.842. The summed E-state index contributed by atoms with van der Waals surface area (Å²) in [5.41, 5.74) is 1.74. The highest BCUT2D eigenvalue weighted by Crippen LogP contribution is 2.20. The van der Waals surface area contributed by atoms with E-state index in [4.69, 9.17) is 9.47 Å². The zero-order valence-electron chi connectivity index (χ0n) is 10.4. The summed E-state index contributed by atoms with van der Waals surface area (Å²) < 4.78 is 11.7. The number of hydrogen-bond acceptors (Lipinski definition) is 3. The highest BCUT2D eigenvalue weighted by atomic mass is 127. The van der Waals surface area contributed by atoms with E-state index in [1.807, 2.05) is 30.3 Å². The van der Waals surface area contributed by atoms with Gasteiger partial charge in [-0.05, 0) is 58.5 Å². The summed E-state index contributed by atoms with van der Waals surface area (Å²) in [7, 11) is 1.64. The molecule has 0 aliphatic rings. The van der Waals surface area contributed by atoms with Crippen molar-refractivity contribution in [1.29, 1.82) is 0 Å². The maximum absolute atomic E-state index is 10.7. The molecule has 0 fully saturated rings. The largest absolute Gasteiger partial charge is 0.497 e. The molecule has 4 heteroatoms.